The summed E-state index contributed by atoms with van der Waals surface area (Å²) < 4.78 is 5.22. The van der Waals surface area contributed by atoms with Crippen molar-refractivity contribution in [3.8, 4) is 0 Å². The summed E-state index contributed by atoms with van der Waals surface area (Å²) in [4.78, 5) is 0. The van der Waals surface area contributed by atoms with Crippen molar-refractivity contribution in [3.05, 3.63) is 35.4 Å². The summed E-state index contributed by atoms with van der Waals surface area (Å²) in [6.45, 7) is 7.24. The lowest BCUT2D eigenvalue weighted by Gasteiger charge is -2.27. The lowest BCUT2D eigenvalue weighted by atomic mass is 10.0. The Kier molecular flexibility index (Phi) is 5.54. The number of aryl methyl sites for hydroxylation is 1. The highest BCUT2D eigenvalue weighted by molar-refractivity contribution is 8.00. The third-order valence-corrected chi connectivity index (χ3v) is 4.62. The van der Waals surface area contributed by atoms with E-state index >= 15 is 0 Å². The lowest BCUT2D eigenvalue weighted by Crippen LogP contribution is -2.32. The Morgan fingerprint density at radius 2 is 2.00 bits per heavy atom. The first kappa shape index (κ1) is 13.9. The van der Waals surface area contributed by atoms with E-state index in [0.29, 0.717) is 11.3 Å². The van der Waals surface area contributed by atoms with Crippen molar-refractivity contribution in [2.75, 3.05) is 25.5 Å². The van der Waals surface area contributed by atoms with E-state index in [9.17, 15) is 0 Å². The molecule has 0 saturated carbocycles. The fraction of sp³-hybridized carbons (Fsp3) is 0.600. The maximum atomic E-state index is 5.22. The van der Waals surface area contributed by atoms with Crippen LogP contribution < -0.4 is 5.32 Å². The molecule has 2 nitrogen and oxygen atoms in total. The third-order valence-electron chi connectivity index (χ3n) is 3.35. The van der Waals surface area contributed by atoms with Crippen molar-refractivity contribution in [3.63, 3.8) is 0 Å². The molecule has 18 heavy (non-hydrogen) atoms. The number of rotatable bonds is 7. The largest absolute Gasteiger partial charge is 0.379 e. The van der Waals surface area contributed by atoms with Crippen LogP contribution in [-0.2, 0) is 11.2 Å². The highest BCUT2D eigenvalue weighted by Gasteiger charge is 2.21. The van der Waals surface area contributed by atoms with Gasteiger partial charge < -0.3 is 10.1 Å². The van der Waals surface area contributed by atoms with Crippen LogP contribution in [0.15, 0.2) is 24.3 Å². The molecule has 1 unspecified atom stereocenters. The average Bonchev–Trinajstić information content (AvgIpc) is 2.36. The van der Waals surface area contributed by atoms with E-state index < -0.39 is 0 Å². The van der Waals surface area contributed by atoms with Crippen LogP contribution in [0.4, 0.5) is 0 Å². The first-order valence-corrected chi connectivity index (χ1v) is 7.90. The number of benzene rings is 1. The van der Waals surface area contributed by atoms with Gasteiger partial charge in [0.1, 0.15) is 0 Å². The number of nitrogens with one attached hydrogen (secondary N) is 1. The first-order chi connectivity index (χ1) is 8.83. The molecule has 0 aliphatic carbocycles. The first-order valence-electron chi connectivity index (χ1n) is 6.85. The summed E-state index contributed by atoms with van der Waals surface area (Å²) in [5.41, 5.74) is 2.82. The van der Waals surface area contributed by atoms with Crippen LogP contribution in [0, 0.1) is 0 Å². The molecule has 1 heterocycles. The molecule has 1 aliphatic rings. The average molecular weight is 265 g/mol. The number of ether oxygens (including phenoxy) is 1. The van der Waals surface area contributed by atoms with Gasteiger partial charge in [0.2, 0.25) is 0 Å². The molecule has 0 radical (unpaired) electrons. The zero-order chi connectivity index (χ0) is 12.8. The van der Waals surface area contributed by atoms with Gasteiger partial charge in [-0.3, -0.25) is 0 Å². The molecular weight excluding hydrogens is 242 g/mol. The maximum Gasteiger partial charge on any atom is 0.0607 e. The Morgan fingerprint density at radius 1 is 1.28 bits per heavy atom. The van der Waals surface area contributed by atoms with Crippen molar-refractivity contribution in [2.45, 2.75) is 31.6 Å². The van der Waals surface area contributed by atoms with Gasteiger partial charge in [-0.15, -0.1) is 0 Å². The molecule has 0 bridgehead atoms. The molecule has 100 valence electrons. The molecular formula is C15H23NOS. The molecule has 1 fully saturated rings. The van der Waals surface area contributed by atoms with Gasteiger partial charge in [-0.05, 0) is 24.1 Å². The summed E-state index contributed by atoms with van der Waals surface area (Å²) in [5, 5.41) is 4.29. The van der Waals surface area contributed by atoms with Crippen molar-refractivity contribution < 1.29 is 4.74 Å². The van der Waals surface area contributed by atoms with Gasteiger partial charge >= 0.3 is 0 Å². The smallest absolute Gasteiger partial charge is 0.0607 e. The van der Waals surface area contributed by atoms with Crippen LogP contribution in [0.1, 0.15) is 31.0 Å². The molecule has 1 aromatic carbocycles. The summed E-state index contributed by atoms with van der Waals surface area (Å²) >= 11 is 2.03. The van der Waals surface area contributed by atoms with Crippen molar-refractivity contribution in [1.29, 1.82) is 0 Å². The van der Waals surface area contributed by atoms with Crippen molar-refractivity contribution in [2.24, 2.45) is 0 Å². The Hall–Kier alpha value is -0.510. The quantitative estimate of drug-likeness (QED) is 0.819. The minimum Gasteiger partial charge on any atom is -0.379 e. The van der Waals surface area contributed by atoms with Crippen LogP contribution in [0.25, 0.3) is 0 Å². The van der Waals surface area contributed by atoms with Crippen LogP contribution in [0.3, 0.4) is 0 Å². The predicted molar refractivity (Wildman–Crippen MR) is 79.3 cm³/mol. The number of hydrogen-bond donors (Lipinski definition) is 1. The second kappa shape index (κ2) is 7.17. The van der Waals surface area contributed by atoms with Gasteiger partial charge in [-0.1, -0.05) is 38.1 Å². The van der Waals surface area contributed by atoms with E-state index in [1.165, 1.54) is 11.1 Å². The number of thioether (sulfide) groups is 1. The van der Waals surface area contributed by atoms with Gasteiger partial charge in [0, 0.05) is 11.8 Å². The molecule has 2 rings (SSSR count). The fourth-order valence-corrected chi connectivity index (χ4v) is 3.21. The van der Waals surface area contributed by atoms with Gasteiger partial charge in [0.25, 0.3) is 0 Å². The number of hydrogen-bond acceptors (Lipinski definition) is 3. The molecule has 3 heteroatoms. The van der Waals surface area contributed by atoms with Crippen LogP contribution in [0.5, 0.6) is 0 Å². The van der Waals surface area contributed by atoms with Crippen molar-refractivity contribution in [1.82, 2.24) is 5.32 Å². The summed E-state index contributed by atoms with van der Waals surface area (Å²) in [7, 11) is 0. The zero-order valence-corrected chi connectivity index (χ0v) is 12.1. The summed E-state index contributed by atoms with van der Waals surface area (Å²) in [6, 6.07) is 9.49. The van der Waals surface area contributed by atoms with Crippen LogP contribution >= 0.6 is 11.8 Å². The minimum atomic E-state index is 0.464. The molecule has 1 aromatic rings. The van der Waals surface area contributed by atoms with E-state index in [4.69, 9.17) is 4.74 Å². The minimum absolute atomic E-state index is 0.464. The van der Waals surface area contributed by atoms with Gasteiger partial charge in [0.05, 0.1) is 18.5 Å². The molecule has 0 spiro atoms. The van der Waals surface area contributed by atoms with Crippen LogP contribution in [0.2, 0.25) is 0 Å². The van der Waals surface area contributed by atoms with E-state index in [1.54, 1.807) is 0 Å². The standard InChI is InChI=1S/C15H23NOS/c1-3-12-5-7-13(8-6-12)15(16-4-2)11-18-14-9-17-10-14/h5-8,14-16H,3-4,9-11H2,1-2H3. The van der Waals surface area contributed by atoms with Gasteiger partial charge in [0.15, 0.2) is 0 Å². The second-order valence-corrected chi connectivity index (χ2v) is 6.03. The topological polar surface area (TPSA) is 21.3 Å². The molecule has 0 amide bonds. The molecule has 1 N–H and O–H groups in total. The fourth-order valence-electron chi connectivity index (χ4n) is 2.05. The SMILES string of the molecule is CCNC(CSC1COC1)c1ccc(CC)cc1. The Labute approximate surface area is 114 Å². The third kappa shape index (κ3) is 3.74. The van der Waals surface area contributed by atoms with E-state index in [1.807, 2.05) is 11.8 Å². The normalized spacial score (nSPS) is 17.4. The van der Waals surface area contributed by atoms with Gasteiger partial charge in [-0.2, -0.15) is 11.8 Å². The molecule has 1 aliphatic heterocycles. The Bertz CT molecular complexity index is 348. The Balaban J connectivity index is 1.93. The highest BCUT2D eigenvalue weighted by Crippen LogP contribution is 2.25. The zero-order valence-electron chi connectivity index (χ0n) is 11.3. The maximum absolute atomic E-state index is 5.22. The van der Waals surface area contributed by atoms with E-state index in [-0.39, 0.29) is 0 Å². The monoisotopic (exact) mass is 265 g/mol. The van der Waals surface area contributed by atoms with E-state index in [0.717, 1.165) is 31.9 Å². The molecule has 1 atom stereocenters. The predicted octanol–water partition coefficient (Wildman–Crippen LogP) is 3.03. The molecule has 1 saturated heterocycles. The van der Waals surface area contributed by atoms with Crippen LogP contribution in [-0.4, -0.2) is 30.8 Å². The lowest BCUT2D eigenvalue weighted by molar-refractivity contribution is 0.0455. The summed E-state index contributed by atoms with van der Waals surface area (Å²) in [5.74, 6) is 1.13. The summed E-state index contributed by atoms with van der Waals surface area (Å²) in [6.07, 6.45) is 1.11. The molecule has 0 aromatic heterocycles. The Morgan fingerprint density at radius 3 is 2.50 bits per heavy atom. The van der Waals surface area contributed by atoms with Gasteiger partial charge in [-0.25, -0.2) is 0 Å². The van der Waals surface area contributed by atoms with Crippen molar-refractivity contribution >= 4 is 11.8 Å². The van der Waals surface area contributed by atoms with E-state index in [2.05, 4.69) is 43.4 Å². The highest BCUT2D eigenvalue weighted by atomic mass is 32.2. The second-order valence-electron chi connectivity index (χ2n) is 4.70.